The maximum absolute atomic E-state index is 5.63. The number of fused-ring (bicyclic) bond motifs is 1. The summed E-state index contributed by atoms with van der Waals surface area (Å²) in [7, 11) is 1.79. The van der Waals surface area contributed by atoms with E-state index in [4.69, 9.17) is 4.74 Å². The molecule has 3 N–H and O–H groups in total. The van der Waals surface area contributed by atoms with Crippen molar-refractivity contribution in [3.8, 4) is 0 Å². The van der Waals surface area contributed by atoms with Crippen LogP contribution in [0, 0.1) is 5.92 Å². The minimum atomic E-state index is 0.770. The number of hydrogen-bond donors (Lipinski definition) is 3. The third-order valence-electron chi connectivity index (χ3n) is 4.35. The van der Waals surface area contributed by atoms with E-state index in [0.717, 1.165) is 67.9 Å². The van der Waals surface area contributed by atoms with Crippen LogP contribution in [0.4, 0.5) is 5.82 Å². The van der Waals surface area contributed by atoms with E-state index >= 15 is 0 Å². The van der Waals surface area contributed by atoms with Crippen LogP contribution in [0.3, 0.4) is 0 Å². The zero-order chi connectivity index (χ0) is 18.0. The van der Waals surface area contributed by atoms with Gasteiger partial charge in [0.15, 0.2) is 5.96 Å². The topological polar surface area (TPSA) is 70.6 Å². The van der Waals surface area contributed by atoms with Crippen molar-refractivity contribution in [3.63, 3.8) is 0 Å². The van der Waals surface area contributed by atoms with Gasteiger partial charge in [0.05, 0.1) is 5.52 Å². The zero-order valence-electron chi connectivity index (χ0n) is 15.5. The quantitative estimate of drug-likeness (QED) is 0.347. The van der Waals surface area contributed by atoms with Gasteiger partial charge >= 0.3 is 0 Å². The fourth-order valence-corrected chi connectivity index (χ4v) is 2.67. The van der Waals surface area contributed by atoms with Crippen LogP contribution in [-0.4, -0.2) is 50.8 Å². The summed E-state index contributed by atoms with van der Waals surface area (Å²) in [5, 5.41) is 11.1. The van der Waals surface area contributed by atoms with Crippen LogP contribution in [-0.2, 0) is 4.74 Å². The van der Waals surface area contributed by atoms with Crippen LogP contribution in [0.5, 0.6) is 0 Å². The summed E-state index contributed by atoms with van der Waals surface area (Å²) in [5.41, 5.74) is 1.01. The van der Waals surface area contributed by atoms with Gasteiger partial charge in [0.25, 0.3) is 0 Å². The normalized spacial score (nSPS) is 14.4. The smallest absolute Gasteiger partial charge is 0.191 e. The molecular formula is C20H29N5O. The van der Waals surface area contributed by atoms with Gasteiger partial charge < -0.3 is 20.7 Å². The Hall–Kier alpha value is -2.34. The Labute approximate surface area is 155 Å². The minimum absolute atomic E-state index is 0.770. The highest BCUT2D eigenvalue weighted by atomic mass is 16.5. The van der Waals surface area contributed by atoms with E-state index in [1.807, 2.05) is 24.3 Å². The molecule has 0 saturated heterocycles. The van der Waals surface area contributed by atoms with Crippen molar-refractivity contribution in [2.24, 2.45) is 10.9 Å². The van der Waals surface area contributed by atoms with Crippen LogP contribution >= 0.6 is 0 Å². The number of benzene rings is 1. The first-order valence-electron chi connectivity index (χ1n) is 9.47. The van der Waals surface area contributed by atoms with E-state index in [1.165, 1.54) is 12.8 Å². The van der Waals surface area contributed by atoms with Crippen molar-refractivity contribution >= 4 is 22.7 Å². The van der Waals surface area contributed by atoms with Crippen molar-refractivity contribution in [2.75, 3.05) is 45.2 Å². The Morgan fingerprint density at radius 1 is 1.12 bits per heavy atom. The predicted octanol–water partition coefficient (Wildman–Crippen LogP) is 2.63. The summed E-state index contributed by atoms with van der Waals surface area (Å²) in [6.45, 7) is 4.16. The molecule has 6 nitrogen and oxygen atoms in total. The first kappa shape index (κ1) is 18.5. The molecule has 0 spiro atoms. The Kier molecular flexibility index (Phi) is 7.07. The molecule has 0 radical (unpaired) electrons. The van der Waals surface area contributed by atoms with E-state index in [1.54, 1.807) is 7.05 Å². The third-order valence-corrected chi connectivity index (χ3v) is 4.35. The molecule has 0 amide bonds. The molecule has 140 valence electrons. The second-order valence-electron chi connectivity index (χ2n) is 6.61. The highest BCUT2D eigenvalue weighted by Crippen LogP contribution is 2.28. The number of nitrogens with one attached hydrogen (secondary N) is 3. The van der Waals surface area contributed by atoms with E-state index in [-0.39, 0.29) is 0 Å². The number of anilines is 1. The molecule has 6 heteroatoms. The number of aliphatic imine (C=N–C) groups is 1. The molecule has 0 unspecified atom stereocenters. The van der Waals surface area contributed by atoms with Gasteiger partial charge in [-0.1, -0.05) is 18.2 Å². The number of aromatic nitrogens is 1. The molecular weight excluding hydrogens is 326 g/mol. The van der Waals surface area contributed by atoms with Crippen molar-refractivity contribution in [3.05, 3.63) is 36.4 Å². The summed E-state index contributed by atoms with van der Waals surface area (Å²) >= 11 is 0. The van der Waals surface area contributed by atoms with Crippen LogP contribution in [0.2, 0.25) is 0 Å². The Morgan fingerprint density at radius 2 is 1.96 bits per heavy atom. The number of hydrogen-bond acceptors (Lipinski definition) is 4. The lowest BCUT2D eigenvalue weighted by molar-refractivity contribution is 0.123. The lowest BCUT2D eigenvalue weighted by Gasteiger charge is -2.12. The molecule has 3 rings (SSSR count). The van der Waals surface area contributed by atoms with E-state index < -0.39 is 0 Å². The number of guanidine groups is 1. The lowest BCUT2D eigenvalue weighted by Crippen LogP contribution is -2.40. The monoisotopic (exact) mass is 355 g/mol. The minimum Gasteiger partial charge on any atom is -0.381 e. The summed E-state index contributed by atoms with van der Waals surface area (Å²) in [6.07, 6.45) is 3.68. The van der Waals surface area contributed by atoms with Crippen molar-refractivity contribution in [1.29, 1.82) is 0 Å². The Bertz CT molecular complexity index is 714. The van der Waals surface area contributed by atoms with Gasteiger partial charge in [-0.15, -0.1) is 0 Å². The Balaban J connectivity index is 1.28. The van der Waals surface area contributed by atoms with Gasteiger partial charge in [-0.25, -0.2) is 4.98 Å². The average Bonchev–Trinajstić information content (AvgIpc) is 3.50. The molecule has 0 atom stereocenters. The Morgan fingerprint density at radius 3 is 2.81 bits per heavy atom. The SMILES string of the molecule is CN=C(NCCCOCC1CC1)NCCNc1ccc2ccccc2n1. The molecule has 0 aliphatic heterocycles. The van der Waals surface area contributed by atoms with Gasteiger partial charge in [0.2, 0.25) is 0 Å². The predicted molar refractivity (Wildman–Crippen MR) is 108 cm³/mol. The zero-order valence-corrected chi connectivity index (χ0v) is 15.5. The fourth-order valence-electron chi connectivity index (χ4n) is 2.67. The van der Waals surface area contributed by atoms with E-state index in [2.05, 4.69) is 38.1 Å². The lowest BCUT2D eigenvalue weighted by atomic mass is 10.2. The molecule has 1 aliphatic carbocycles. The first-order valence-corrected chi connectivity index (χ1v) is 9.47. The van der Waals surface area contributed by atoms with Gasteiger partial charge in [0, 0.05) is 45.3 Å². The standard InChI is InChI=1S/C20H29N5O/c1-21-20(23-11-4-14-26-15-16-7-8-16)24-13-12-22-19-10-9-17-5-2-3-6-18(17)25-19/h2-3,5-6,9-10,16H,4,7-8,11-15H2,1H3,(H,22,25)(H2,21,23,24). The number of pyridine rings is 1. The molecule has 1 aliphatic rings. The third kappa shape index (κ3) is 6.19. The van der Waals surface area contributed by atoms with E-state index in [9.17, 15) is 0 Å². The molecule has 2 aromatic rings. The molecule has 1 aromatic heterocycles. The second-order valence-corrected chi connectivity index (χ2v) is 6.61. The van der Waals surface area contributed by atoms with Crippen molar-refractivity contribution in [2.45, 2.75) is 19.3 Å². The van der Waals surface area contributed by atoms with Crippen molar-refractivity contribution < 1.29 is 4.74 Å². The molecule has 0 bridgehead atoms. The fraction of sp³-hybridized carbons (Fsp3) is 0.500. The second kappa shape index (κ2) is 9.97. The largest absolute Gasteiger partial charge is 0.381 e. The number of rotatable bonds is 10. The van der Waals surface area contributed by atoms with Crippen LogP contribution in [0.1, 0.15) is 19.3 Å². The van der Waals surface area contributed by atoms with Gasteiger partial charge in [-0.05, 0) is 43.4 Å². The highest BCUT2D eigenvalue weighted by Gasteiger charge is 2.20. The number of nitrogens with zero attached hydrogens (tertiary/aromatic N) is 2. The van der Waals surface area contributed by atoms with Gasteiger partial charge in [-0.2, -0.15) is 0 Å². The highest BCUT2D eigenvalue weighted by molar-refractivity contribution is 5.80. The summed E-state index contributed by atoms with van der Waals surface area (Å²) in [5.74, 6) is 2.55. The van der Waals surface area contributed by atoms with E-state index in [0.29, 0.717) is 0 Å². The average molecular weight is 355 g/mol. The van der Waals surface area contributed by atoms with Crippen LogP contribution < -0.4 is 16.0 Å². The molecule has 1 aromatic carbocycles. The maximum Gasteiger partial charge on any atom is 0.191 e. The molecule has 1 fully saturated rings. The molecule has 1 heterocycles. The van der Waals surface area contributed by atoms with Crippen molar-refractivity contribution in [1.82, 2.24) is 15.6 Å². The van der Waals surface area contributed by atoms with Crippen LogP contribution in [0.15, 0.2) is 41.4 Å². The molecule has 1 saturated carbocycles. The van der Waals surface area contributed by atoms with Gasteiger partial charge in [-0.3, -0.25) is 4.99 Å². The maximum atomic E-state index is 5.63. The summed E-state index contributed by atoms with van der Waals surface area (Å²) in [4.78, 5) is 8.85. The number of ether oxygens (including phenoxy) is 1. The molecule has 26 heavy (non-hydrogen) atoms. The first-order chi connectivity index (χ1) is 12.8. The van der Waals surface area contributed by atoms with Crippen LogP contribution in [0.25, 0.3) is 10.9 Å². The van der Waals surface area contributed by atoms with Gasteiger partial charge in [0.1, 0.15) is 5.82 Å². The summed E-state index contributed by atoms with van der Waals surface area (Å²) in [6, 6.07) is 12.2. The number of para-hydroxylation sites is 1. The summed E-state index contributed by atoms with van der Waals surface area (Å²) < 4.78 is 5.63.